The smallest absolute Gasteiger partial charge is 0.332 e. The number of benzene rings is 1. The van der Waals surface area contributed by atoms with Gasteiger partial charge in [0, 0.05) is 4.90 Å². The summed E-state index contributed by atoms with van der Waals surface area (Å²) in [4.78, 5) is 34.7. The van der Waals surface area contributed by atoms with Gasteiger partial charge >= 0.3 is 5.97 Å². The summed E-state index contributed by atoms with van der Waals surface area (Å²) in [5.41, 5.74) is 11.0. The Hall–Kier alpha value is -2.06. The van der Waals surface area contributed by atoms with Crippen molar-refractivity contribution >= 4 is 35.2 Å². The molecule has 0 saturated carbocycles. The van der Waals surface area contributed by atoms with Crippen molar-refractivity contribution in [3.05, 3.63) is 24.3 Å². The zero-order valence-electron chi connectivity index (χ0n) is 11.5. The molecule has 0 aliphatic heterocycles. The van der Waals surface area contributed by atoms with E-state index in [-0.39, 0.29) is 12.4 Å². The van der Waals surface area contributed by atoms with Crippen molar-refractivity contribution in [1.82, 2.24) is 0 Å². The summed E-state index contributed by atoms with van der Waals surface area (Å²) < 4.78 is 4.68. The number of primary amides is 1. The summed E-state index contributed by atoms with van der Waals surface area (Å²) in [5.74, 6) is -1.86. The Balaban J connectivity index is 2.75. The second-order valence-corrected chi connectivity index (χ2v) is 4.99. The van der Waals surface area contributed by atoms with Crippen LogP contribution in [0.25, 0.3) is 0 Å². The summed E-state index contributed by atoms with van der Waals surface area (Å²) in [6.45, 7) is 1.77. The van der Waals surface area contributed by atoms with Crippen LogP contribution in [0.5, 0.6) is 0 Å². The van der Waals surface area contributed by atoms with Gasteiger partial charge in [-0.2, -0.15) is 0 Å². The van der Waals surface area contributed by atoms with Gasteiger partial charge in [0.25, 0.3) is 5.91 Å². The summed E-state index contributed by atoms with van der Waals surface area (Å²) in [6.07, 6.45) is 0. The fraction of sp³-hybridized carbons (Fsp3) is 0.308. The molecule has 0 bridgehead atoms. The van der Waals surface area contributed by atoms with Crippen LogP contribution in [0.2, 0.25) is 0 Å². The molecule has 114 valence electrons. The standard InChI is InChI=1S/C13H17N3O4S/c1-2-20-13(19)11(15)12(18)16-8-5-3-4-6-9(8)21-7-10(14)17/h3-6,11H,2,7,15H2,1H3,(H2,14,17)(H,16,18). The molecule has 21 heavy (non-hydrogen) atoms. The maximum Gasteiger partial charge on any atom is 0.332 e. The van der Waals surface area contributed by atoms with E-state index in [0.717, 1.165) is 0 Å². The van der Waals surface area contributed by atoms with Gasteiger partial charge < -0.3 is 21.5 Å². The van der Waals surface area contributed by atoms with Gasteiger partial charge in [-0.05, 0) is 19.1 Å². The normalized spacial score (nSPS) is 11.5. The fourth-order valence-electron chi connectivity index (χ4n) is 1.39. The first-order valence-corrected chi connectivity index (χ1v) is 7.17. The van der Waals surface area contributed by atoms with Crippen LogP contribution in [0.1, 0.15) is 6.92 Å². The highest BCUT2D eigenvalue weighted by Crippen LogP contribution is 2.26. The third-order valence-electron chi connectivity index (χ3n) is 2.34. The van der Waals surface area contributed by atoms with Crippen molar-refractivity contribution in [1.29, 1.82) is 0 Å². The Kier molecular flexibility index (Phi) is 6.70. The van der Waals surface area contributed by atoms with Crippen molar-refractivity contribution in [2.45, 2.75) is 17.9 Å². The highest BCUT2D eigenvalue weighted by atomic mass is 32.2. The molecule has 0 fully saturated rings. The summed E-state index contributed by atoms with van der Waals surface area (Å²) >= 11 is 1.18. The second kappa shape index (κ2) is 8.28. The molecule has 0 aliphatic carbocycles. The molecule has 1 atom stereocenters. The molecule has 0 radical (unpaired) electrons. The first-order valence-electron chi connectivity index (χ1n) is 6.19. The van der Waals surface area contributed by atoms with Crippen LogP contribution in [-0.2, 0) is 19.1 Å². The number of carbonyl (C=O) groups excluding carboxylic acids is 3. The molecule has 1 aromatic rings. The summed E-state index contributed by atoms with van der Waals surface area (Å²) in [6, 6.07) is 5.42. The van der Waals surface area contributed by atoms with E-state index >= 15 is 0 Å². The summed E-state index contributed by atoms with van der Waals surface area (Å²) in [5, 5.41) is 2.54. The minimum absolute atomic E-state index is 0.0802. The predicted octanol–water partition coefficient (Wildman–Crippen LogP) is 0.0929. The van der Waals surface area contributed by atoms with Crippen molar-refractivity contribution in [3.8, 4) is 0 Å². The number of nitrogens with one attached hydrogen (secondary N) is 1. The molecule has 0 heterocycles. The van der Waals surface area contributed by atoms with Crippen LogP contribution in [0.4, 0.5) is 5.69 Å². The van der Waals surface area contributed by atoms with Crippen LogP contribution < -0.4 is 16.8 Å². The van der Waals surface area contributed by atoms with Crippen molar-refractivity contribution in [2.75, 3.05) is 17.7 Å². The van der Waals surface area contributed by atoms with Gasteiger partial charge in [-0.1, -0.05) is 12.1 Å². The van der Waals surface area contributed by atoms with E-state index in [2.05, 4.69) is 10.1 Å². The van der Waals surface area contributed by atoms with Crippen LogP contribution in [0.15, 0.2) is 29.2 Å². The van der Waals surface area contributed by atoms with Gasteiger partial charge in [0.05, 0.1) is 18.0 Å². The Morgan fingerprint density at radius 3 is 2.62 bits per heavy atom. The van der Waals surface area contributed by atoms with E-state index in [9.17, 15) is 14.4 Å². The van der Waals surface area contributed by atoms with Gasteiger partial charge in [0.15, 0.2) is 6.04 Å². The molecule has 1 rings (SSSR count). The number of hydrogen-bond acceptors (Lipinski definition) is 6. The molecule has 0 spiro atoms. The van der Waals surface area contributed by atoms with Gasteiger partial charge in [0.1, 0.15) is 0 Å². The van der Waals surface area contributed by atoms with Crippen molar-refractivity contribution in [3.63, 3.8) is 0 Å². The Bertz CT molecular complexity index is 536. The lowest BCUT2D eigenvalue weighted by Crippen LogP contribution is -2.43. The maximum absolute atomic E-state index is 11.9. The zero-order chi connectivity index (χ0) is 15.8. The number of rotatable bonds is 7. The van der Waals surface area contributed by atoms with Gasteiger partial charge in [0.2, 0.25) is 5.91 Å². The zero-order valence-corrected chi connectivity index (χ0v) is 12.3. The lowest BCUT2D eigenvalue weighted by molar-refractivity contribution is -0.147. The molecule has 0 saturated heterocycles. The van der Waals surface area contributed by atoms with E-state index < -0.39 is 23.8 Å². The number of hydrogen-bond donors (Lipinski definition) is 3. The van der Waals surface area contributed by atoms with E-state index in [4.69, 9.17) is 11.5 Å². The number of nitrogens with two attached hydrogens (primary N) is 2. The molecule has 1 aromatic carbocycles. The average Bonchev–Trinajstić information content (AvgIpc) is 2.45. The third kappa shape index (κ3) is 5.44. The van der Waals surface area contributed by atoms with Crippen LogP contribution in [0.3, 0.4) is 0 Å². The average molecular weight is 311 g/mol. The van der Waals surface area contributed by atoms with Crippen molar-refractivity contribution in [2.24, 2.45) is 11.5 Å². The Morgan fingerprint density at radius 1 is 1.33 bits per heavy atom. The molecule has 7 nitrogen and oxygen atoms in total. The predicted molar refractivity (Wildman–Crippen MR) is 79.6 cm³/mol. The molecule has 2 amide bonds. The van der Waals surface area contributed by atoms with E-state index in [1.54, 1.807) is 31.2 Å². The number of para-hydroxylation sites is 1. The van der Waals surface area contributed by atoms with Crippen LogP contribution >= 0.6 is 11.8 Å². The molecule has 0 aromatic heterocycles. The SMILES string of the molecule is CCOC(=O)C(N)C(=O)Nc1ccccc1SCC(N)=O. The van der Waals surface area contributed by atoms with Crippen LogP contribution in [0, 0.1) is 0 Å². The molecular formula is C13H17N3O4S. The highest BCUT2D eigenvalue weighted by molar-refractivity contribution is 8.00. The van der Waals surface area contributed by atoms with Gasteiger partial charge in [-0.3, -0.25) is 9.59 Å². The van der Waals surface area contributed by atoms with E-state index in [1.807, 2.05) is 0 Å². The quantitative estimate of drug-likeness (QED) is 0.372. The highest BCUT2D eigenvalue weighted by Gasteiger charge is 2.24. The number of amides is 2. The number of thioether (sulfide) groups is 1. The number of ether oxygens (including phenoxy) is 1. The molecular weight excluding hydrogens is 294 g/mol. The molecule has 8 heteroatoms. The molecule has 5 N–H and O–H groups in total. The van der Waals surface area contributed by atoms with E-state index in [1.165, 1.54) is 11.8 Å². The number of carbonyl (C=O) groups is 3. The Morgan fingerprint density at radius 2 is 2.00 bits per heavy atom. The number of esters is 1. The first-order chi connectivity index (χ1) is 9.95. The fourth-order valence-corrected chi connectivity index (χ4v) is 2.14. The maximum atomic E-state index is 11.9. The van der Waals surface area contributed by atoms with Gasteiger partial charge in [-0.15, -0.1) is 11.8 Å². The van der Waals surface area contributed by atoms with E-state index in [0.29, 0.717) is 10.6 Å². The first kappa shape index (κ1) is 17.0. The van der Waals surface area contributed by atoms with Crippen LogP contribution in [-0.4, -0.2) is 36.2 Å². The molecule has 0 aliphatic rings. The second-order valence-electron chi connectivity index (χ2n) is 3.97. The molecule has 1 unspecified atom stereocenters. The Labute approximate surface area is 126 Å². The lowest BCUT2D eigenvalue weighted by Gasteiger charge is -2.13. The van der Waals surface area contributed by atoms with Gasteiger partial charge in [-0.25, -0.2) is 4.79 Å². The minimum Gasteiger partial charge on any atom is -0.464 e. The lowest BCUT2D eigenvalue weighted by atomic mass is 10.2. The van der Waals surface area contributed by atoms with Crippen molar-refractivity contribution < 1.29 is 19.1 Å². The minimum atomic E-state index is -1.40. The summed E-state index contributed by atoms with van der Waals surface area (Å²) in [7, 11) is 0. The largest absolute Gasteiger partial charge is 0.464 e. The number of anilines is 1. The monoisotopic (exact) mass is 311 g/mol. The topological polar surface area (TPSA) is 125 Å². The third-order valence-corrected chi connectivity index (χ3v) is 3.43.